The molecule has 3 aromatic carbocycles. The summed E-state index contributed by atoms with van der Waals surface area (Å²) in [4.78, 5) is 0. The van der Waals surface area contributed by atoms with Crippen molar-refractivity contribution in [1.82, 2.24) is 14.5 Å². The molecule has 0 fully saturated rings. The maximum Gasteiger partial charge on any atom is 0.124 e. The molecule has 0 saturated carbocycles. The van der Waals surface area contributed by atoms with E-state index in [4.69, 9.17) is 0 Å². The lowest BCUT2D eigenvalue weighted by molar-refractivity contribution is 0.539. The van der Waals surface area contributed by atoms with Crippen LogP contribution in [0.1, 0.15) is 84.3 Å². The molecule has 3 heteroatoms. The van der Waals surface area contributed by atoms with Crippen molar-refractivity contribution in [2.75, 3.05) is 0 Å². The summed E-state index contributed by atoms with van der Waals surface area (Å²) >= 11 is 0. The number of aromatic nitrogens is 2. The van der Waals surface area contributed by atoms with Crippen LogP contribution in [0.5, 0.6) is 0 Å². The molecule has 50 heavy (non-hydrogen) atoms. The Labute approximate surface area is 294 Å². The topological polar surface area (TPSA) is 21.9 Å². The van der Waals surface area contributed by atoms with Gasteiger partial charge in [-0.2, -0.15) is 0 Å². The summed E-state index contributed by atoms with van der Waals surface area (Å²) in [5.41, 5.74) is 16.0. The van der Waals surface area contributed by atoms with Crippen molar-refractivity contribution in [1.29, 1.82) is 0 Å². The molecule has 0 bridgehead atoms. The molecule has 244 valence electrons. The lowest BCUT2D eigenvalue weighted by Crippen LogP contribution is -2.29. The molecule has 5 aromatic rings. The third kappa shape index (κ3) is 4.79. The predicted octanol–water partition coefficient (Wildman–Crippen LogP) is 11.6. The summed E-state index contributed by atoms with van der Waals surface area (Å²) in [6.45, 7) is 0. The first kappa shape index (κ1) is 29.4. The lowest BCUT2D eigenvalue weighted by atomic mass is 9.85. The van der Waals surface area contributed by atoms with Gasteiger partial charge in [0, 0.05) is 45.0 Å². The number of benzene rings is 3. The molecule has 0 spiro atoms. The number of aryl methyl sites for hydroxylation is 1. The molecule has 10 rings (SSSR count). The summed E-state index contributed by atoms with van der Waals surface area (Å²) < 4.78 is 5.13. The zero-order valence-electron chi connectivity index (χ0n) is 28.4. The van der Waals surface area contributed by atoms with Crippen molar-refractivity contribution in [2.45, 2.75) is 57.0 Å². The van der Waals surface area contributed by atoms with Gasteiger partial charge in [0.1, 0.15) is 6.17 Å². The van der Waals surface area contributed by atoms with E-state index in [1.807, 2.05) is 0 Å². The van der Waals surface area contributed by atoms with E-state index in [0.29, 0.717) is 0 Å². The zero-order chi connectivity index (χ0) is 33.0. The fourth-order valence-corrected chi connectivity index (χ4v) is 8.95. The fourth-order valence-electron chi connectivity index (χ4n) is 8.95. The minimum absolute atomic E-state index is 0.00589. The minimum atomic E-state index is -0.00589. The average Bonchev–Trinajstić information content (AvgIpc) is 3.71. The second-order valence-corrected chi connectivity index (χ2v) is 14.2. The minimum Gasteiger partial charge on any atom is -0.361 e. The standard InChI is InChI=1S/C47H41N3/c1-4-15-32(16-5-1)35-30-42(33-17-6-2-7-18-33)48-46(31-35)50-44-26-13-11-22-39(44)41-29-34(27-28-45(41)50)37-23-14-24-40-38-21-10-12-25-43(38)49(47(37)40)36-19-8-3-9-20-36/h1-2,4-6,8,10,12-17,19-21,24-31,37,46,48H,3,7,9,11,18,22-23H2. The van der Waals surface area contributed by atoms with Gasteiger partial charge in [-0.3, -0.25) is 0 Å². The van der Waals surface area contributed by atoms with E-state index in [-0.39, 0.29) is 12.1 Å². The van der Waals surface area contributed by atoms with Gasteiger partial charge in [0.15, 0.2) is 0 Å². The van der Waals surface area contributed by atoms with Crippen LogP contribution in [-0.4, -0.2) is 9.13 Å². The van der Waals surface area contributed by atoms with E-state index in [2.05, 4.69) is 160 Å². The van der Waals surface area contributed by atoms with Gasteiger partial charge in [-0.1, -0.05) is 103 Å². The molecule has 4 aliphatic carbocycles. The van der Waals surface area contributed by atoms with Crippen molar-refractivity contribution in [3.05, 3.63) is 178 Å². The van der Waals surface area contributed by atoms with E-state index in [1.54, 1.807) is 0 Å². The molecular weight excluding hydrogens is 607 g/mol. The van der Waals surface area contributed by atoms with Gasteiger partial charge in [-0.15, -0.1) is 0 Å². The van der Waals surface area contributed by atoms with Crippen LogP contribution in [0.3, 0.4) is 0 Å². The highest BCUT2D eigenvalue weighted by Gasteiger charge is 2.30. The second kappa shape index (κ2) is 12.1. The van der Waals surface area contributed by atoms with Crippen LogP contribution in [0.2, 0.25) is 0 Å². The summed E-state index contributed by atoms with van der Waals surface area (Å²) in [5.74, 6) is 0.277. The van der Waals surface area contributed by atoms with Crippen molar-refractivity contribution >= 4 is 45.2 Å². The molecule has 5 aliphatic rings. The number of para-hydroxylation sites is 1. The second-order valence-electron chi connectivity index (χ2n) is 14.2. The number of fused-ring (bicyclic) bond motifs is 6. The first-order chi connectivity index (χ1) is 24.8. The quantitative estimate of drug-likeness (QED) is 0.201. The Kier molecular flexibility index (Phi) is 7.11. The Morgan fingerprint density at radius 3 is 2.48 bits per heavy atom. The van der Waals surface area contributed by atoms with Crippen LogP contribution in [0.25, 0.3) is 45.2 Å². The molecule has 3 nitrogen and oxygen atoms in total. The van der Waals surface area contributed by atoms with Crippen molar-refractivity contribution in [3.8, 4) is 0 Å². The van der Waals surface area contributed by atoms with E-state index < -0.39 is 0 Å². The Bertz CT molecular complexity index is 2430. The third-order valence-corrected chi connectivity index (χ3v) is 11.3. The molecule has 1 N–H and O–H groups in total. The van der Waals surface area contributed by atoms with Gasteiger partial charge in [0.2, 0.25) is 0 Å². The monoisotopic (exact) mass is 647 g/mol. The molecule has 3 heterocycles. The molecule has 0 amide bonds. The van der Waals surface area contributed by atoms with Crippen molar-refractivity contribution < 1.29 is 0 Å². The Morgan fingerprint density at radius 2 is 1.60 bits per heavy atom. The van der Waals surface area contributed by atoms with Gasteiger partial charge in [-0.25, -0.2) is 0 Å². The van der Waals surface area contributed by atoms with Crippen LogP contribution < -0.4 is 5.32 Å². The maximum atomic E-state index is 4.00. The van der Waals surface area contributed by atoms with Crippen molar-refractivity contribution in [2.24, 2.45) is 0 Å². The number of nitrogens with zero attached hydrogens (tertiary/aromatic N) is 2. The molecule has 0 saturated heterocycles. The van der Waals surface area contributed by atoms with Crippen LogP contribution >= 0.6 is 0 Å². The summed E-state index contributed by atoms with van der Waals surface area (Å²) in [7, 11) is 0. The molecule has 0 radical (unpaired) electrons. The number of dihydropyridines is 1. The molecule has 2 aromatic heterocycles. The number of nitrogens with one attached hydrogen (secondary N) is 1. The number of hydrogen-bond acceptors (Lipinski definition) is 1. The van der Waals surface area contributed by atoms with Gasteiger partial charge in [0.05, 0.1) is 11.0 Å². The number of rotatable bonds is 5. The number of hydrogen-bond donors (Lipinski definition) is 1. The Balaban J connectivity index is 1.13. The van der Waals surface area contributed by atoms with E-state index >= 15 is 0 Å². The van der Waals surface area contributed by atoms with Gasteiger partial charge in [-0.05, 0) is 115 Å². The highest BCUT2D eigenvalue weighted by molar-refractivity contribution is 5.96. The van der Waals surface area contributed by atoms with Gasteiger partial charge >= 0.3 is 0 Å². The van der Waals surface area contributed by atoms with Crippen LogP contribution in [0.4, 0.5) is 0 Å². The van der Waals surface area contributed by atoms with Crippen molar-refractivity contribution in [3.63, 3.8) is 0 Å². The van der Waals surface area contributed by atoms with Crippen LogP contribution in [0, 0.1) is 0 Å². The summed E-state index contributed by atoms with van der Waals surface area (Å²) in [6.07, 6.45) is 35.6. The number of allylic oxidation sites excluding steroid dienone is 12. The summed E-state index contributed by atoms with van der Waals surface area (Å²) in [5, 5.41) is 6.74. The molecular formula is C47H41N3. The Morgan fingerprint density at radius 1 is 0.720 bits per heavy atom. The maximum absolute atomic E-state index is 4.00. The van der Waals surface area contributed by atoms with Crippen LogP contribution in [-0.2, 0) is 6.42 Å². The van der Waals surface area contributed by atoms with E-state index in [1.165, 1.54) is 78.0 Å². The predicted molar refractivity (Wildman–Crippen MR) is 211 cm³/mol. The first-order valence-corrected chi connectivity index (χ1v) is 18.4. The van der Waals surface area contributed by atoms with Gasteiger partial charge in [0.25, 0.3) is 0 Å². The SMILES string of the molecule is C1=CCCC(C2=CC(c3ccccc3)=CC(n3c4c(c5cc(C6CC=Cc7c6n(C6=CCCC=C6)c6ccccc76)ccc53)CCC=C4)N2)=C1. The average molecular weight is 648 g/mol. The van der Waals surface area contributed by atoms with E-state index in [0.717, 1.165) is 44.9 Å². The Hall–Kier alpha value is -5.54. The zero-order valence-corrected chi connectivity index (χ0v) is 28.4. The normalized spacial score (nSPS) is 21.0. The highest BCUT2D eigenvalue weighted by atomic mass is 15.2. The van der Waals surface area contributed by atoms with E-state index in [9.17, 15) is 0 Å². The first-order valence-electron chi connectivity index (χ1n) is 18.4. The largest absolute Gasteiger partial charge is 0.361 e. The summed E-state index contributed by atoms with van der Waals surface area (Å²) in [6, 6.07) is 27.2. The van der Waals surface area contributed by atoms with Crippen LogP contribution in [0.15, 0.2) is 145 Å². The van der Waals surface area contributed by atoms with Gasteiger partial charge < -0.3 is 14.5 Å². The lowest BCUT2D eigenvalue weighted by Gasteiger charge is -2.30. The fraction of sp³-hybridized carbons (Fsp3) is 0.191. The molecule has 2 unspecified atom stereocenters. The smallest absolute Gasteiger partial charge is 0.124 e. The highest BCUT2D eigenvalue weighted by Crippen LogP contribution is 2.45. The molecule has 2 atom stereocenters. The third-order valence-electron chi connectivity index (χ3n) is 11.3. The molecule has 1 aliphatic heterocycles.